The van der Waals surface area contributed by atoms with Crippen molar-refractivity contribution in [2.75, 3.05) is 12.3 Å². The van der Waals surface area contributed by atoms with E-state index in [0.29, 0.717) is 0 Å². The van der Waals surface area contributed by atoms with Crippen molar-refractivity contribution in [3.8, 4) is 6.07 Å². The molecule has 2 unspecified atom stereocenters. The van der Waals surface area contributed by atoms with Crippen LogP contribution in [-0.4, -0.2) is 98.9 Å². The number of hydrogen-bond acceptors (Lipinski definition) is 13. The molecule has 1 aliphatic heterocycles. The maximum absolute atomic E-state index is 11.9. The topological polar surface area (TPSA) is 290 Å². The Kier molecular flexibility index (Phi) is 8.90. The molecule has 0 aromatic carbocycles. The Morgan fingerprint density at radius 2 is 1.82 bits per heavy atom. The Hall–Kier alpha value is -0.800. The van der Waals surface area contributed by atoms with Crippen LogP contribution in [0.25, 0.3) is 5.52 Å². The fraction of sp³-hybridized carbons (Fsp3) is 0.417. The zero-order valence-electron chi connectivity index (χ0n) is 16.9. The maximum atomic E-state index is 11.9. The van der Waals surface area contributed by atoms with Crippen molar-refractivity contribution in [2.24, 2.45) is 0 Å². The van der Waals surface area contributed by atoms with Gasteiger partial charge in [0.15, 0.2) is 5.82 Å². The summed E-state index contributed by atoms with van der Waals surface area (Å²) >= 11 is 0. The molecule has 2 aromatic heterocycles. The summed E-state index contributed by atoms with van der Waals surface area (Å²) in [4.78, 5) is 39.5. The van der Waals surface area contributed by atoms with Gasteiger partial charge in [-0.25, -0.2) is 23.2 Å². The number of phosphoric ester groups is 1. The smallest absolute Gasteiger partial charge is 0.387 e. The first kappa shape index (κ1) is 29.4. The number of nitrogens with zero attached hydrogens (tertiary/aromatic N) is 4. The zero-order chi connectivity index (χ0) is 24.8. The summed E-state index contributed by atoms with van der Waals surface area (Å²) in [7, 11) is -16.9. The predicted octanol–water partition coefficient (Wildman–Crippen LogP) is -1.89. The molecule has 0 bridgehead atoms. The number of hydrogen-bond donors (Lipinski definition) is 7. The summed E-state index contributed by atoms with van der Waals surface area (Å²) in [6.45, 7) is -1.09. The Morgan fingerprint density at radius 1 is 1.18 bits per heavy atom. The van der Waals surface area contributed by atoms with Crippen molar-refractivity contribution in [1.29, 1.82) is 5.26 Å². The second-order valence-electron chi connectivity index (χ2n) is 6.49. The van der Waals surface area contributed by atoms with E-state index in [-0.39, 0.29) is 46.6 Å². The molecular formula is C12H16N5NaO13P3. The van der Waals surface area contributed by atoms with Crippen LogP contribution in [0.2, 0.25) is 0 Å². The molecule has 3 rings (SSSR count). The van der Waals surface area contributed by atoms with Gasteiger partial charge in [0.1, 0.15) is 36.2 Å². The third-order valence-electron chi connectivity index (χ3n) is 4.30. The first-order valence-corrected chi connectivity index (χ1v) is 13.0. The third-order valence-corrected chi connectivity index (χ3v) is 8.11. The second kappa shape index (κ2) is 10.3. The summed E-state index contributed by atoms with van der Waals surface area (Å²) in [6, 6.07) is 4.42. The van der Waals surface area contributed by atoms with Crippen LogP contribution in [0.4, 0.5) is 5.82 Å². The number of nitrogens with two attached hydrogens (primary N) is 1. The van der Waals surface area contributed by atoms with Crippen LogP contribution >= 0.6 is 23.5 Å². The molecule has 1 aliphatic rings. The number of phosphoric acid groups is 3. The normalized spacial score (nSPS) is 28.6. The Balaban J connectivity index is 0.00000408. The molecule has 0 saturated carbocycles. The number of aliphatic hydroxyl groups excluding tert-OH is 2. The zero-order valence-corrected chi connectivity index (χ0v) is 21.6. The molecule has 1 fully saturated rings. The van der Waals surface area contributed by atoms with E-state index >= 15 is 0 Å². The van der Waals surface area contributed by atoms with E-state index in [0.717, 1.165) is 10.8 Å². The average Bonchev–Trinajstić information content (AvgIpc) is 3.20. The summed E-state index contributed by atoms with van der Waals surface area (Å²) in [6.07, 6.45) is -4.44. The summed E-state index contributed by atoms with van der Waals surface area (Å²) in [5.74, 6) is 0.0292. The van der Waals surface area contributed by atoms with Gasteiger partial charge in [0.2, 0.25) is 5.60 Å². The molecule has 0 aliphatic carbocycles. The number of nitriles is 1. The van der Waals surface area contributed by atoms with Gasteiger partial charge in [-0.3, -0.25) is 4.52 Å². The first-order valence-electron chi connectivity index (χ1n) is 8.43. The van der Waals surface area contributed by atoms with E-state index < -0.39 is 54.0 Å². The quantitative estimate of drug-likeness (QED) is 0.139. The minimum Gasteiger partial charge on any atom is -0.387 e. The fourth-order valence-corrected chi connectivity index (χ4v) is 6.05. The van der Waals surface area contributed by atoms with Crippen molar-refractivity contribution in [2.45, 2.75) is 23.9 Å². The summed E-state index contributed by atoms with van der Waals surface area (Å²) < 4.78 is 52.0. The van der Waals surface area contributed by atoms with Crippen molar-refractivity contribution in [3.63, 3.8) is 0 Å². The minimum atomic E-state index is -5.76. The van der Waals surface area contributed by atoms with E-state index in [1.165, 1.54) is 12.1 Å². The molecule has 2 aromatic rings. The van der Waals surface area contributed by atoms with E-state index in [9.17, 15) is 34.1 Å². The Morgan fingerprint density at radius 3 is 2.41 bits per heavy atom. The fourth-order valence-electron chi connectivity index (χ4n) is 3.02. The Bertz CT molecular complexity index is 1250. The maximum Gasteiger partial charge on any atom is 0.490 e. The predicted molar refractivity (Wildman–Crippen MR) is 107 cm³/mol. The molecule has 22 heteroatoms. The van der Waals surface area contributed by atoms with Crippen molar-refractivity contribution < 1.29 is 61.4 Å². The van der Waals surface area contributed by atoms with Gasteiger partial charge in [-0.15, -0.1) is 0 Å². The van der Waals surface area contributed by atoms with Crippen LogP contribution in [0.1, 0.15) is 5.69 Å². The van der Waals surface area contributed by atoms with E-state index in [4.69, 9.17) is 25.2 Å². The standard InChI is InChI=1S/C12H16N5O13P3.Na/c13-4-12(8-2-1-6-11(14)15-5-16-17(6)8)10(19)9(18)7(28-12)3-27-32(23,24)30-33(25,26)29-31(20,21)22;/h1-2,5,7,9-10,18-19H,3H2,(H,23,24)(H,25,26)(H2,14,15,16)(H2,20,21,22);/t7-,9-,10-,12+;/m1./s1. The molecule has 18 nitrogen and oxygen atoms in total. The van der Waals surface area contributed by atoms with Crippen LogP contribution < -0.4 is 5.73 Å². The van der Waals surface area contributed by atoms with Gasteiger partial charge in [-0.05, 0) is 12.1 Å². The van der Waals surface area contributed by atoms with Gasteiger partial charge >= 0.3 is 23.5 Å². The van der Waals surface area contributed by atoms with Gasteiger partial charge in [0.05, 0.1) is 12.3 Å². The molecule has 3 heterocycles. The van der Waals surface area contributed by atoms with Gasteiger partial charge in [0, 0.05) is 29.6 Å². The largest absolute Gasteiger partial charge is 0.490 e. The van der Waals surface area contributed by atoms with Crippen molar-refractivity contribution in [3.05, 3.63) is 24.2 Å². The van der Waals surface area contributed by atoms with Crippen LogP contribution in [0.15, 0.2) is 18.5 Å². The van der Waals surface area contributed by atoms with Crippen LogP contribution in [0.5, 0.6) is 0 Å². The Labute approximate surface area is 211 Å². The van der Waals surface area contributed by atoms with E-state index in [1.54, 1.807) is 6.07 Å². The number of aliphatic hydroxyl groups is 2. The first-order chi connectivity index (χ1) is 15.1. The number of aromatic nitrogens is 3. The van der Waals surface area contributed by atoms with E-state index in [1.807, 2.05) is 0 Å². The second-order valence-corrected chi connectivity index (χ2v) is 10.9. The van der Waals surface area contributed by atoms with Crippen LogP contribution in [0, 0.1) is 11.3 Å². The van der Waals surface area contributed by atoms with Crippen molar-refractivity contribution >= 4 is 64.4 Å². The molecule has 0 spiro atoms. The molecule has 1 saturated heterocycles. The SMILES string of the molecule is N#C[C@@]1(c2ccc3c(N)ncnn23)O[C@H](COP(=O)(O)OP(=O)(O)OP(=O)(O)O)[C@@H](O)[C@H]1O.[Na]. The number of ether oxygens (including phenoxy) is 1. The molecule has 0 amide bonds. The molecule has 1 radical (unpaired) electrons. The van der Waals surface area contributed by atoms with E-state index in [2.05, 4.69) is 23.2 Å². The molecular weight excluding hydrogens is 538 g/mol. The number of nitrogen functional groups attached to an aromatic ring is 1. The van der Waals surface area contributed by atoms with Crippen LogP contribution in [0.3, 0.4) is 0 Å². The number of fused-ring (bicyclic) bond motifs is 1. The minimum absolute atomic E-state index is 0. The summed E-state index contributed by atoms with van der Waals surface area (Å²) in [5, 5.41) is 34.5. The van der Waals surface area contributed by atoms with Gasteiger partial charge in [-0.2, -0.15) is 19.0 Å². The number of anilines is 1. The van der Waals surface area contributed by atoms with Crippen LogP contribution in [-0.2, 0) is 37.2 Å². The molecule has 34 heavy (non-hydrogen) atoms. The van der Waals surface area contributed by atoms with Gasteiger partial charge < -0.3 is 40.3 Å². The van der Waals surface area contributed by atoms with Crippen molar-refractivity contribution in [1.82, 2.24) is 14.6 Å². The summed E-state index contributed by atoms with van der Waals surface area (Å²) in [5.41, 5.74) is 3.61. The average molecular weight is 554 g/mol. The number of rotatable bonds is 8. The van der Waals surface area contributed by atoms with Gasteiger partial charge in [0.25, 0.3) is 0 Å². The molecule has 6 atom stereocenters. The third kappa shape index (κ3) is 6.12. The monoisotopic (exact) mass is 554 g/mol. The molecule has 8 N–H and O–H groups in total. The molecule has 183 valence electrons. The van der Waals surface area contributed by atoms with Gasteiger partial charge in [-0.1, -0.05) is 0 Å².